The van der Waals surface area contributed by atoms with E-state index in [0.717, 1.165) is 17.8 Å². The van der Waals surface area contributed by atoms with Gasteiger partial charge in [-0.3, -0.25) is 0 Å². The number of rotatable bonds is 4. The zero-order chi connectivity index (χ0) is 13.8. The van der Waals surface area contributed by atoms with Crippen LogP contribution in [0.5, 0.6) is 0 Å². The molecule has 3 rings (SSSR count). The molecule has 0 amide bonds. The van der Waals surface area contributed by atoms with Crippen LogP contribution in [0.2, 0.25) is 0 Å². The fourth-order valence-electron chi connectivity index (χ4n) is 2.40. The van der Waals surface area contributed by atoms with E-state index >= 15 is 0 Å². The van der Waals surface area contributed by atoms with Crippen molar-refractivity contribution in [2.24, 2.45) is 0 Å². The van der Waals surface area contributed by atoms with E-state index in [4.69, 9.17) is 0 Å². The molecule has 0 heterocycles. The maximum absolute atomic E-state index is 3.82. The molecule has 0 fully saturated rings. The van der Waals surface area contributed by atoms with E-state index in [-0.39, 0.29) is 0 Å². The highest BCUT2D eigenvalue weighted by Crippen LogP contribution is 2.24. The molecule has 0 spiro atoms. The quantitative estimate of drug-likeness (QED) is 0.626. The number of anilines is 2. The van der Waals surface area contributed by atoms with Crippen molar-refractivity contribution >= 4 is 22.1 Å². The van der Waals surface area contributed by atoms with Crippen molar-refractivity contribution in [2.45, 2.75) is 6.42 Å². The summed E-state index contributed by atoms with van der Waals surface area (Å²) in [6.45, 7) is 3.82. The van der Waals surface area contributed by atoms with Crippen molar-refractivity contribution in [3.63, 3.8) is 0 Å². The van der Waals surface area contributed by atoms with Crippen molar-refractivity contribution in [2.75, 3.05) is 5.32 Å². The van der Waals surface area contributed by atoms with Crippen LogP contribution in [0, 0.1) is 0 Å². The number of allylic oxidation sites excluding steroid dienone is 1. The molecule has 20 heavy (non-hydrogen) atoms. The van der Waals surface area contributed by atoms with E-state index in [1.54, 1.807) is 0 Å². The van der Waals surface area contributed by atoms with Crippen molar-refractivity contribution in [3.8, 4) is 0 Å². The highest BCUT2D eigenvalue weighted by atomic mass is 14.9. The minimum absolute atomic E-state index is 0.872. The Balaban J connectivity index is 1.94. The molecule has 0 aromatic heterocycles. The van der Waals surface area contributed by atoms with Gasteiger partial charge in [-0.25, -0.2) is 0 Å². The van der Waals surface area contributed by atoms with Gasteiger partial charge in [0.25, 0.3) is 0 Å². The first-order chi connectivity index (χ1) is 9.86. The van der Waals surface area contributed by atoms with Crippen molar-refractivity contribution in [3.05, 3.63) is 84.9 Å². The van der Waals surface area contributed by atoms with E-state index in [2.05, 4.69) is 78.6 Å². The van der Waals surface area contributed by atoms with E-state index in [0.29, 0.717) is 0 Å². The lowest BCUT2D eigenvalue weighted by molar-refractivity contribution is 1.27. The summed E-state index contributed by atoms with van der Waals surface area (Å²) in [5, 5.41) is 6.01. The zero-order valence-electron chi connectivity index (χ0n) is 11.3. The molecule has 0 atom stereocenters. The first-order valence-electron chi connectivity index (χ1n) is 6.81. The Hall–Kier alpha value is -2.54. The van der Waals surface area contributed by atoms with Crippen LogP contribution < -0.4 is 5.32 Å². The summed E-state index contributed by atoms with van der Waals surface area (Å²) >= 11 is 0. The standard InChI is InChI=1S/C19H17N/c1-2-7-16-9-5-6-11-19(16)20-18-13-12-15-8-3-4-10-17(15)14-18/h2-6,8-14,20H,1,7H2. The third-order valence-electron chi connectivity index (χ3n) is 3.41. The lowest BCUT2D eigenvalue weighted by atomic mass is 10.1. The minimum atomic E-state index is 0.872. The minimum Gasteiger partial charge on any atom is -0.355 e. The molecular weight excluding hydrogens is 242 g/mol. The fourth-order valence-corrected chi connectivity index (χ4v) is 2.40. The highest BCUT2D eigenvalue weighted by Gasteiger charge is 2.01. The lowest BCUT2D eigenvalue weighted by Crippen LogP contribution is -1.95. The lowest BCUT2D eigenvalue weighted by Gasteiger charge is -2.11. The Morgan fingerprint density at radius 3 is 2.45 bits per heavy atom. The van der Waals surface area contributed by atoms with E-state index in [1.807, 2.05) is 6.08 Å². The number of nitrogens with one attached hydrogen (secondary N) is 1. The maximum atomic E-state index is 3.82. The van der Waals surface area contributed by atoms with Gasteiger partial charge in [0.1, 0.15) is 0 Å². The van der Waals surface area contributed by atoms with Gasteiger partial charge in [0, 0.05) is 11.4 Å². The van der Waals surface area contributed by atoms with Gasteiger partial charge < -0.3 is 5.32 Å². The van der Waals surface area contributed by atoms with Crippen molar-refractivity contribution in [1.29, 1.82) is 0 Å². The number of para-hydroxylation sites is 1. The van der Waals surface area contributed by atoms with Crippen LogP contribution in [-0.4, -0.2) is 0 Å². The predicted molar refractivity (Wildman–Crippen MR) is 87.6 cm³/mol. The molecule has 0 unspecified atom stereocenters. The number of fused-ring (bicyclic) bond motifs is 1. The van der Waals surface area contributed by atoms with Gasteiger partial charge in [0.15, 0.2) is 0 Å². The molecule has 0 bridgehead atoms. The Bertz CT molecular complexity index is 743. The highest BCUT2D eigenvalue weighted by molar-refractivity contribution is 5.86. The Labute approximate surface area is 119 Å². The van der Waals surface area contributed by atoms with Crippen LogP contribution in [0.3, 0.4) is 0 Å². The van der Waals surface area contributed by atoms with Crippen LogP contribution in [0.1, 0.15) is 5.56 Å². The molecular formula is C19H17N. The monoisotopic (exact) mass is 259 g/mol. The van der Waals surface area contributed by atoms with Crippen LogP contribution in [0.25, 0.3) is 10.8 Å². The Morgan fingerprint density at radius 2 is 1.60 bits per heavy atom. The number of benzene rings is 3. The van der Waals surface area contributed by atoms with Crippen molar-refractivity contribution < 1.29 is 0 Å². The van der Waals surface area contributed by atoms with Gasteiger partial charge in [-0.2, -0.15) is 0 Å². The fraction of sp³-hybridized carbons (Fsp3) is 0.0526. The predicted octanol–water partition coefficient (Wildman–Crippen LogP) is 5.31. The normalized spacial score (nSPS) is 10.4. The molecule has 0 radical (unpaired) electrons. The summed E-state index contributed by atoms with van der Waals surface area (Å²) in [7, 11) is 0. The number of hydrogen-bond donors (Lipinski definition) is 1. The molecule has 0 aliphatic rings. The first kappa shape index (κ1) is 12.5. The van der Waals surface area contributed by atoms with E-state index in [1.165, 1.54) is 16.3 Å². The second-order valence-corrected chi connectivity index (χ2v) is 4.84. The molecule has 1 nitrogen and oxygen atoms in total. The summed E-state index contributed by atoms with van der Waals surface area (Å²) in [5.41, 5.74) is 3.51. The van der Waals surface area contributed by atoms with Gasteiger partial charge >= 0.3 is 0 Å². The summed E-state index contributed by atoms with van der Waals surface area (Å²) in [6, 6.07) is 23.2. The summed E-state index contributed by atoms with van der Waals surface area (Å²) in [5.74, 6) is 0. The third kappa shape index (κ3) is 2.57. The topological polar surface area (TPSA) is 12.0 Å². The Morgan fingerprint density at radius 1 is 0.850 bits per heavy atom. The van der Waals surface area contributed by atoms with Gasteiger partial charge in [-0.05, 0) is 41.0 Å². The van der Waals surface area contributed by atoms with Crippen LogP contribution in [0.15, 0.2) is 79.4 Å². The molecule has 0 saturated heterocycles. The molecule has 0 saturated carbocycles. The van der Waals surface area contributed by atoms with Crippen LogP contribution >= 0.6 is 0 Å². The second kappa shape index (κ2) is 5.62. The SMILES string of the molecule is C=CCc1ccccc1Nc1ccc2ccccc2c1. The zero-order valence-corrected chi connectivity index (χ0v) is 11.3. The van der Waals surface area contributed by atoms with Gasteiger partial charge in [0.2, 0.25) is 0 Å². The first-order valence-corrected chi connectivity index (χ1v) is 6.81. The average Bonchev–Trinajstić information content (AvgIpc) is 2.49. The molecule has 1 N–H and O–H groups in total. The van der Waals surface area contributed by atoms with E-state index < -0.39 is 0 Å². The Kier molecular flexibility index (Phi) is 3.51. The molecule has 3 aromatic rings. The maximum Gasteiger partial charge on any atom is 0.0419 e. The second-order valence-electron chi connectivity index (χ2n) is 4.84. The van der Waals surface area contributed by atoms with Crippen LogP contribution in [0.4, 0.5) is 11.4 Å². The molecule has 0 aliphatic heterocycles. The molecule has 98 valence electrons. The largest absolute Gasteiger partial charge is 0.355 e. The van der Waals surface area contributed by atoms with Gasteiger partial charge in [-0.1, -0.05) is 54.6 Å². The molecule has 3 aromatic carbocycles. The molecule has 1 heteroatoms. The third-order valence-corrected chi connectivity index (χ3v) is 3.41. The van der Waals surface area contributed by atoms with Gasteiger partial charge in [-0.15, -0.1) is 6.58 Å². The van der Waals surface area contributed by atoms with Crippen molar-refractivity contribution in [1.82, 2.24) is 0 Å². The molecule has 0 aliphatic carbocycles. The summed E-state index contributed by atoms with van der Waals surface area (Å²) in [4.78, 5) is 0. The average molecular weight is 259 g/mol. The van der Waals surface area contributed by atoms with E-state index in [9.17, 15) is 0 Å². The summed E-state index contributed by atoms with van der Waals surface area (Å²) < 4.78 is 0. The smallest absolute Gasteiger partial charge is 0.0419 e. The summed E-state index contributed by atoms with van der Waals surface area (Å²) in [6.07, 6.45) is 2.80. The van der Waals surface area contributed by atoms with Crippen LogP contribution in [-0.2, 0) is 6.42 Å². The number of hydrogen-bond acceptors (Lipinski definition) is 1. The van der Waals surface area contributed by atoms with Gasteiger partial charge in [0.05, 0.1) is 0 Å².